The zero-order valence-electron chi connectivity index (χ0n) is 9.77. The van der Waals surface area contributed by atoms with E-state index in [2.05, 4.69) is 15.6 Å². The molecule has 0 aliphatic rings. The van der Waals surface area contributed by atoms with E-state index < -0.39 is 0 Å². The summed E-state index contributed by atoms with van der Waals surface area (Å²) in [7, 11) is 0. The summed E-state index contributed by atoms with van der Waals surface area (Å²) in [5, 5.41) is 6.43. The first kappa shape index (κ1) is 12.4. The number of pyridine rings is 1. The van der Waals surface area contributed by atoms with Crippen molar-refractivity contribution >= 4 is 34.7 Å². The molecule has 1 aromatic heterocycles. The van der Waals surface area contributed by atoms with Gasteiger partial charge in [-0.3, -0.25) is 4.79 Å². The van der Waals surface area contributed by atoms with Gasteiger partial charge >= 0.3 is 0 Å². The second-order valence-electron chi connectivity index (χ2n) is 3.75. The number of hydrogen-bond acceptors (Lipinski definition) is 3. The van der Waals surface area contributed by atoms with Gasteiger partial charge in [-0.1, -0.05) is 11.6 Å². The van der Waals surface area contributed by atoms with Gasteiger partial charge in [0.15, 0.2) is 0 Å². The van der Waals surface area contributed by atoms with Crippen LogP contribution in [0.2, 0.25) is 5.02 Å². The van der Waals surface area contributed by atoms with Crippen molar-refractivity contribution < 1.29 is 4.79 Å². The maximum absolute atomic E-state index is 10.9. The molecule has 4 nitrogen and oxygen atoms in total. The number of carbonyl (C=O) groups is 1. The number of hydrogen-bond donors (Lipinski definition) is 2. The van der Waals surface area contributed by atoms with Crippen molar-refractivity contribution in [2.24, 2.45) is 0 Å². The Hall–Kier alpha value is -2.07. The number of amides is 1. The molecule has 18 heavy (non-hydrogen) atoms. The van der Waals surface area contributed by atoms with E-state index in [4.69, 9.17) is 11.6 Å². The van der Waals surface area contributed by atoms with Crippen LogP contribution in [0.4, 0.5) is 17.2 Å². The van der Waals surface area contributed by atoms with Gasteiger partial charge < -0.3 is 10.6 Å². The lowest BCUT2D eigenvalue weighted by Crippen LogP contribution is -2.05. The second-order valence-corrected chi connectivity index (χ2v) is 4.18. The van der Waals surface area contributed by atoms with E-state index in [1.807, 2.05) is 24.3 Å². The van der Waals surface area contributed by atoms with Crippen LogP contribution in [0, 0.1) is 0 Å². The number of nitrogens with zero attached hydrogens (tertiary/aromatic N) is 1. The smallest absolute Gasteiger partial charge is 0.221 e. The highest BCUT2D eigenvalue weighted by Crippen LogP contribution is 2.18. The van der Waals surface area contributed by atoms with E-state index in [1.165, 1.54) is 6.92 Å². The van der Waals surface area contributed by atoms with E-state index in [9.17, 15) is 4.79 Å². The van der Waals surface area contributed by atoms with Crippen LogP contribution in [0.1, 0.15) is 6.92 Å². The molecule has 5 heteroatoms. The Bertz CT molecular complexity index is 537. The van der Waals surface area contributed by atoms with E-state index in [1.54, 1.807) is 18.3 Å². The summed E-state index contributed by atoms with van der Waals surface area (Å²) in [4.78, 5) is 15.0. The van der Waals surface area contributed by atoms with Gasteiger partial charge in [-0.05, 0) is 36.4 Å². The molecule has 0 atom stereocenters. The number of benzene rings is 1. The second kappa shape index (κ2) is 5.51. The molecule has 0 unspecified atom stereocenters. The number of aromatic nitrogens is 1. The molecule has 1 heterocycles. The molecular weight excluding hydrogens is 250 g/mol. The predicted molar refractivity (Wildman–Crippen MR) is 73.3 cm³/mol. The highest BCUT2D eigenvalue weighted by molar-refractivity contribution is 6.30. The summed E-state index contributed by atoms with van der Waals surface area (Å²) in [6.45, 7) is 1.48. The van der Waals surface area contributed by atoms with E-state index in [-0.39, 0.29) is 5.91 Å². The molecule has 0 spiro atoms. The standard InChI is InChI=1S/C13H12ClN3O/c1-9(18)16-11-3-5-12(6-4-11)17-13-7-2-10(14)8-15-13/h2-8H,1H3,(H,15,17)(H,16,18). The molecule has 2 rings (SSSR count). The van der Waals surface area contributed by atoms with Crippen molar-refractivity contribution in [1.29, 1.82) is 0 Å². The number of nitrogens with one attached hydrogen (secondary N) is 2. The number of anilines is 3. The van der Waals surface area contributed by atoms with Crippen LogP contribution in [0.25, 0.3) is 0 Å². The summed E-state index contributed by atoms with van der Waals surface area (Å²) in [6, 6.07) is 10.9. The van der Waals surface area contributed by atoms with Crippen LogP contribution in [0.5, 0.6) is 0 Å². The SMILES string of the molecule is CC(=O)Nc1ccc(Nc2ccc(Cl)cn2)cc1. The lowest BCUT2D eigenvalue weighted by molar-refractivity contribution is -0.114. The van der Waals surface area contributed by atoms with Crippen LogP contribution in [0.3, 0.4) is 0 Å². The third-order valence-corrected chi connectivity index (χ3v) is 2.43. The molecule has 2 aromatic rings. The van der Waals surface area contributed by atoms with Gasteiger partial charge in [0.25, 0.3) is 0 Å². The van der Waals surface area contributed by atoms with Gasteiger partial charge in [-0.15, -0.1) is 0 Å². The van der Waals surface area contributed by atoms with Crippen LogP contribution in [-0.2, 0) is 4.79 Å². The van der Waals surface area contributed by atoms with Gasteiger partial charge in [0, 0.05) is 24.5 Å². The minimum Gasteiger partial charge on any atom is -0.340 e. The Balaban J connectivity index is 2.06. The average molecular weight is 262 g/mol. The lowest BCUT2D eigenvalue weighted by Gasteiger charge is -2.07. The molecule has 0 saturated carbocycles. The molecule has 0 aliphatic heterocycles. The molecule has 0 radical (unpaired) electrons. The predicted octanol–water partition coefficient (Wildman–Crippen LogP) is 3.44. The monoisotopic (exact) mass is 261 g/mol. The average Bonchev–Trinajstić information content (AvgIpc) is 2.34. The van der Waals surface area contributed by atoms with Crippen molar-refractivity contribution in [3.63, 3.8) is 0 Å². The zero-order valence-corrected chi connectivity index (χ0v) is 10.5. The fraction of sp³-hybridized carbons (Fsp3) is 0.0769. The molecule has 0 saturated heterocycles. The van der Waals surface area contributed by atoms with Crippen molar-refractivity contribution in [2.75, 3.05) is 10.6 Å². The van der Waals surface area contributed by atoms with E-state index >= 15 is 0 Å². The molecule has 1 aromatic carbocycles. The molecule has 0 bridgehead atoms. The van der Waals surface area contributed by atoms with Crippen molar-refractivity contribution in [3.05, 3.63) is 47.6 Å². The minimum absolute atomic E-state index is 0.0879. The molecule has 0 fully saturated rings. The molecule has 0 aliphatic carbocycles. The van der Waals surface area contributed by atoms with Crippen molar-refractivity contribution in [1.82, 2.24) is 4.98 Å². The summed E-state index contributed by atoms with van der Waals surface area (Å²) in [5.74, 6) is 0.627. The summed E-state index contributed by atoms with van der Waals surface area (Å²) >= 11 is 5.75. The first-order valence-electron chi connectivity index (χ1n) is 5.40. The largest absolute Gasteiger partial charge is 0.340 e. The number of rotatable bonds is 3. The molecule has 1 amide bonds. The Labute approximate surface area is 110 Å². The lowest BCUT2D eigenvalue weighted by atomic mass is 10.2. The third-order valence-electron chi connectivity index (χ3n) is 2.21. The maximum atomic E-state index is 10.9. The van der Waals surface area contributed by atoms with Crippen molar-refractivity contribution in [2.45, 2.75) is 6.92 Å². The van der Waals surface area contributed by atoms with Gasteiger partial charge in [-0.25, -0.2) is 4.98 Å². The summed E-state index contributed by atoms with van der Waals surface area (Å²) in [5.41, 5.74) is 1.65. The summed E-state index contributed by atoms with van der Waals surface area (Å²) < 4.78 is 0. The Morgan fingerprint density at radius 2 is 1.78 bits per heavy atom. The Morgan fingerprint density at radius 1 is 1.11 bits per heavy atom. The van der Waals surface area contributed by atoms with Crippen molar-refractivity contribution in [3.8, 4) is 0 Å². The fourth-order valence-corrected chi connectivity index (χ4v) is 1.55. The molecule has 92 valence electrons. The van der Waals surface area contributed by atoms with Gasteiger partial charge in [-0.2, -0.15) is 0 Å². The van der Waals surface area contributed by atoms with Crippen LogP contribution >= 0.6 is 11.6 Å². The topological polar surface area (TPSA) is 54.0 Å². The minimum atomic E-state index is -0.0879. The van der Waals surface area contributed by atoms with Crippen LogP contribution < -0.4 is 10.6 Å². The number of carbonyl (C=O) groups excluding carboxylic acids is 1. The highest BCUT2D eigenvalue weighted by Gasteiger charge is 1.98. The van der Waals surface area contributed by atoms with Gasteiger partial charge in [0.1, 0.15) is 5.82 Å². The Morgan fingerprint density at radius 3 is 2.33 bits per heavy atom. The quantitative estimate of drug-likeness (QED) is 0.890. The van der Waals surface area contributed by atoms with Gasteiger partial charge in [0.05, 0.1) is 5.02 Å². The first-order valence-corrected chi connectivity index (χ1v) is 5.77. The van der Waals surface area contributed by atoms with Crippen LogP contribution in [0.15, 0.2) is 42.6 Å². The highest BCUT2D eigenvalue weighted by atomic mass is 35.5. The third kappa shape index (κ3) is 3.46. The first-order chi connectivity index (χ1) is 8.63. The maximum Gasteiger partial charge on any atom is 0.221 e. The Kier molecular flexibility index (Phi) is 3.79. The summed E-state index contributed by atoms with van der Waals surface area (Å²) in [6.07, 6.45) is 1.58. The zero-order chi connectivity index (χ0) is 13.0. The van der Waals surface area contributed by atoms with Crippen LogP contribution in [-0.4, -0.2) is 10.9 Å². The fourth-order valence-electron chi connectivity index (χ4n) is 1.44. The molecule has 2 N–H and O–H groups in total. The van der Waals surface area contributed by atoms with Gasteiger partial charge in [0.2, 0.25) is 5.91 Å². The van der Waals surface area contributed by atoms with E-state index in [0.29, 0.717) is 10.8 Å². The normalized spacial score (nSPS) is 9.89. The van der Waals surface area contributed by atoms with E-state index in [0.717, 1.165) is 11.4 Å². The number of halogens is 1. The molecular formula is C13H12ClN3O.